The van der Waals surface area contributed by atoms with Gasteiger partial charge in [0.15, 0.2) is 0 Å². The standard InChI is InChI=1S/C20H30N4O4/c1-28-18-6-4-5-17(15-18)22-11-9-21(10-12-22)7-2-3-8-24-19(26)16-23(13-14-25)20(24)27/h4-6,15,25H,2-3,7-14,16H2,1H3. The van der Waals surface area contributed by atoms with Crippen LogP contribution in [0.3, 0.4) is 0 Å². The smallest absolute Gasteiger partial charge is 0.327 e. The first-order chi connectivity index (χ1) is 13.6. The number of rotatable bonds is 9. The van der Waals surface area contributed by atoms with Crippen molar-refractivity contribution in [3.63, 3.8) is 0 Å². The number of benzene rings is 1. The van der Waals surface area contributed by atoms with Gasteiger partial charge in [-0.1, -0.05) is 6.07 Å². The van der Waals surface area contributed by atoms with E-state index in [1.807, 2.05) is 12.1 Å². The van der Waals surface area contributed by atoms with Gasteiger partial charge in [-0.3, -0.25) is 14.6 Å². The summed E-state index contributed by atoms with van der Waals surface area (Å²) in [5.41, 5.74) is 1.19. The van der Waals surface area contributed by atoms with Gasteiger partial charge in [-0.25, -0.2) is 4.79 Å². The zero-order valence-electron chi connectivity index (χ0n) is 16.5. The fourth-order valence-corrected chi connectivity index (χ4v) is 3.75. The zero-order chi connectivity index (χ0) is 19.9. The number of hydrogen-bond acceptors (Lipinski definition) is 6. The van der Waals surface area contributed by atoms with Crippen LogP contribution in [0.5, 0.6) is 5.75 Å². The molecule has 8 nitrogen and oxygen atoms in total. The molecule has 0 atom stereocenters. The molecule has 0 saturated carbocycles. The van der Waals surface area contributed by atoms with Gasteiger partial charge in [0.2, 0.25) is 5.91 Å². The molecule has 0 unspecified atom stereocenters. The molecule has 1 aromatic rings. The van der Waals surface area contributed by atoms with Crippen molar-refractivity contribution in [1.82, 2.24) is 14.7 Å². The number of methoxy groups -OCH3 is 1. The number of urea groups is 1. The predicted octanol–water partition coefficient (Wildman–Crippen LogP) is 0.854. The summed E-state index contributed by atoms with van der Waals surface area (Å²) in [7, 11) is 1.69. The van der Waals surface area contributed by atoms with Gasteiger partial charge >= 0.3 is 6.03 Å². The Morgan fingerprint density at radius 1 is 1.04 bits per heavy atom. The molecular formula is C20H30N4O4. The summed E-state index contributed by atoms with van der Waals surface area (Å²) in [4.78, 5) is 31.6. The number of β-amino-alcohol motifs (C(OH)–C–C–N with tert-alkyl or cyclic N) is 1. The third-order valence-electron chi connectivity index (χ3n) is 5.40. The number of piperazine rings is 1. The van der Waals surface area contributed by atoms with Crippen molar-refractivity contribution in [3.05, 3.63) is 24.3 Å². The SMILES string of the molecule is COc1cccc(N2CCN(CCCCN3C(=O)CN(CCO)C3=O)CC2)c1. The molecule has 2 aliphatic heterocycles. The lowest BCUT2D eigenvalue weighted by Crippen LogP contribution is -2.46. The van der Waals surface area contributed by atoms with Gasteiger partial charge in [0.25, 0.3) is 0 Å². The molecule has 8 heteroatoms. The number of hydrogen-bond donors (Lipinski definition) is 1. The number of aliphatic hydroxyl groups is 1. The van der Waals surface area contributed by atoms with Crippen LogP contribution in [-0.2, 0) is 4.79 Å². The second kappa shape index (κ2) is 9.75. The maximum atomic E-state index is 12.1. The highest BCUT2D eigenvalue weighted by molar-refractivity contribution is 6.01. The van der Waals surface area contributed by atoms with Gasteiger partial charge in [-0.2, -0.15) is 0 Å². The molecule has 2 aliphatic rings. The summed E-state index contributed by atoms with van der Waals surface area (Å²) < 4.78 is 5.31. The van der Waals surface area contributed by atoms with Crippen LogP contribution in [0.1, 0.15) is 12.8 Å². The Kier molecular flexibility index (Phi) is 7.11. The van der Waals surface area contributed by atoms with Crippen LogP contribution >= 0.6 is 0 Å². The Bertz CT molecular complexity index is 676. The van der Waals surface area contributed by atoms with Crippen LogP contribution in [-0.4, -0.2) is 97.8 Å². The van der Waals surface area contributed by atoms with Gasteiger partial charge in [0.05, 0.1) is 13.7 Å². The fourth-order valence-electron chi connectivity index (χ4n) is 3.75. The van der Waals surface area contributed by atoms with E-state index in [2.05, 4.69) is 21.9 Å². The van der Waals surface area contributed by atoms with Crippen LogP contribution in [0.25, 0.3) is 0 Å². The number of aliphatic hydroxyl groups excluding tert-OH is 1. The van der Waals surface area contributed by atoms with E-state index in [0.29, 0.717) is 6.54 Å². The molecule has 28 heavy (non-hydrogen) atoms. The first kappa shape index (κ1) is 20.4. The maximum absolute atomic E-state index is 12.1. The van der Waals surface area contributed by atoms with Gasteiger partial charge in [0, 0.05) is 51.0 Å². The summed E-state index contributed by atoms with van der Waals surface area (Å²) in [6, 6.07) is 7.88. The summed E-state index contributed by atoms with van der Waals surface area (Å²) >= 11 is 0. The summed E-state index contributed by atoms with van der Waals surface area (Å²) in [5.74, 6) is 0.717. The van der Waals surface area contributed by atoms with Crippen molar-refractivity contribution in [2.45, 2.75) is 12.8 Å². The van der Waals surface area contributed by atoms with Crippen molar-refractivity contribution in [1.29, 1.82) is 0 Å². The van der Waals surface area contributed by atoms with Crippen molar-refractivity contribution in [3.8, 4) is 5.75 Å². The quantitative estimate of drug-likeness (QED) is 0.498. The average Bonchev–Trinajstić information content (AvgIpc) is 2.99. The number of nitrogens with zero attached hydrogens (tertiary/aromatic N) is 4. The van der Waals surface area contributed by atoms with E-state index in [-0.39, 0.29) is 31.6 Å². The number of carbonyl (C=O) groups is 2. The van der Waals surface area contributed by atoms with Crippen LogP contribution < -0.4 is 9.64 Å². The first-order valence-corrected chi connectivity index (χ1v) is 9.94. The van der Waals surface area contributed by atoms with Crippen LogP contribution in [0, 0.1) is 0 Å². The molecule has 154 valence electrons. The minimum atomic E-state index is -0.272. The monoisotopic (exact) mass is 390 g/mol. The molecule has 0 radical (unpaired) electrons. The van der Waals surface area contributed by atoms with Crippen molar-refractivity contribution < 1.29 is 19.4 Å². The topological polar surface area (TPSA) is 76.6 Å². The maximum Gasteiger partial charge on any atom is 0.327 e. The zero-order valence-corrected chi connectivity index (χ0v) is 16.5. The third kappa shape index (κ3) is 4.94. The molecule has 3 rings (SSSR count). The molecule has 2 saturated heterocycles. The Balaban J connectivity index is 1.36. The number of carbonyl (C=O) groups excluding carboxylic acids is 2. The molecule has 2 fully saturated rings. The van der Waals surface area contributed by atoms with Gasteiger partial charge in [-0.05, 0) is 31.5 Å². The second-order valence-corrected chi connectivity index (χ2v) is 7.21. The summed E-state index contributed by atoms with van der Waals surface area (Å²) in [6.45, 7) is 5.59. The molecule has 0 bridgehead atoms. The number of anilines is 1. The minimum Gasteiger partial charge on any atom is -0.497 e. The number of imide groups is 1. The number of unbranched alkanes of at least 4 members (excludes halogenated alkanes) is 1. The lowest BCUT2D eigenvalue weighted by molar-refractivity contribution is -0.125. The van der Waals surface area contributed by atoms with Crippen LogP contribution in [0.2, 0.25) is 0 Å². The fraction of sp³-hybridized carbons (Fsp3) is 0.600. The first-order valence-electron chi connectivity index (χ1n) is 9.94. The molecule has 2 heterocycles. The highest BCUT2D eigenvalue weighted by Gasteiger charge is 2.34. The molecule has 1 N–H and O–H groups in total. The van der Waals surface area contributed by atoms with E-state index < -0.39 is 0 Å². The lowest BCUT2D eigenvalue weighted by Gasteiger charge is -2.36. The Hall–Kier alpha value is -2.32. The normalized spacial score (nSPS) is 18.3. The van der Waals surface area contributed by atoms with Crippen LogP contribution in [0.15, 0.2) is 24.3 Å². The van der Waals surface area contributed by atoms with E-state index in [0.717, 1.165) is 51.3 Å². The number of amides is 3. The molecule has 1 aromatic carbocycles. The van der Waals surface area contributed by atoms with Crippen molar-refractivity contribution in [2.24, 2.45) is 0 Å². The van der Waals surface area contributed by atoms with Gasteiger partial charge < -0.3 is 19.6 Å². The second-order valence-electron chi connectivity index (χ2n) is 7.21. The largest absolute Gasteiger partial charge is 0.497 e. The van der Waals surface area contributed by atoms with E-state index in [1.54, 1.807) is 7.11 Å². The summed E-state index contributed by atoms with van der Waals surface area (Å²) in [5, 5.41) is 8.95. The predicted molar refractivity (Wildman–Crippen MR) is 107 cm³/mol. The molecular weight excluding hydrogens is 360 g/mol. The highest BCUT2D eigenvalue weighted by atomic mass is 16.5. The third-order valence-corrected chi connectivity index (χ3v) is 5.40. The van der Waals surface area contributed by atoms with E-state index >= 15 is 0 Å². The highest BCUT2D eigenvalue weighted by Crippen LogP contribution is 2.22. The van der Waals surface area contributed by atoms with Crippen molar-refractivity contribution in [2.75, 3.05) is 71.0 Å². The Labute approximate surface area is 166 Å². The molecule has 0 spiro atoms. The Morgan fingerprint density at radius 2 is 1.79 bits per heavy atom. The van der Waals surface area contributed by atoms with Crippen molar-refractivity contribution >= 4 is 17.6 Å². The van der Waals surface area contributed by atoms with Gasteiger partial charge in [0.1, 0.15) is 12.3 Å². The van der Waals surface area contributed by atoms with Gasteiger partial charge in [-0.15, -0.1) is 0 Å². The average molecular weight is 390 g/mol. The summed E-state index contributed by atoms with van der Waals surface area (Å²) in [6.07, 6.45) is 1.76. The molecule has 0 aromatic heterocycles. The van der Waals surface area contributed by atoms with E-state index in [4.69, 9.17) is 9.84 Å². The number of ether oxygens (including phenoxy) is 1. The van der Waals surface area contributed by atoms with E-state index in [1.165, 1.54) is 15.5 Å². The van der Waals surface area contributed by atoms with Crippen LogP contribution in [0.4, 0.5) is 10.5 Å². The molecule has 0 aliphatic carbocycles. The Morgan fingerprint density at radius 3 is 2.50 bits per heavy atom. The van der Waals surface area contributed by atoms with E-state index in [9.17, 15) is 9.59 Å². The lowest BCUT2D eigenvalue weighted by atomic mass is 10.2. The minimum absolute atomic E-state index is 0.0889. The molecule has 3 amide bonds.